The highest BCUT2D eigenvalue weighted by molar-refractivity contribution is 4.87. The van der Waals surface area contributed by atoms with Crippen LogP contribution in [-0.2, 0) is 0 Å². The van der Waals surface area contributed by atoms with Gasteiger partial charge in [0.2, 0.25) is 0 Å². The first-order chi connectivity index (χ1) is 9.71. The van der Waals surface area contributed by atoms with Gasteiger partial charge in [0.05, 0.1) is 12.7 Å². The second kappa shape index (κ2) is 8.32. The minimum Gasteiger partial charge on any atom is -0.395 e. The van der Waals surface area contributed by atoms with Crippen LogP contribution in [0.4, 0.5) is 0 Å². The van der Waals surface area contributed by atoms with Crippen LogP contribution in [0.5, 0.6) is 0 Å². The first kappa shape index (κ1) is 16.2. The molecule has 3 unspecified atom stereocenters. The Morgan fingerprint density at radius 1 is 1.20 bits per heavy atom. The fraction of sp³-hybridized carbons (Fsp3) is 1.00. The van der Waals surface area contributed by atoms with Crippen molar-refractivity contribution in [2.24, 2.45) is 5.92 Å². The van der Waals surface area contributed by atoms with Crippen LogP contribution in [0.15, 0.2) is 0 Å². The van der Waals surface area contributed by atoms with E-state index in [9.17, 15) is 10.2 Å². The van der Waals surface area contributed by atoms with Crippen molar-refractivity contribution in [2.45, 2.75) is 70.1 Å². The average molecular weight is 284 g/mol. The third kappa shape index (κ3) is 4.99. The predicted octanol–water partition coefficient (Wildman–Crippen LogP) is 1.36. The summed E-state index contributed by atoms with van der Waals surface area (Å²) in [7, 11) is 0. The second-order valence-electron chi connectivity index (χ2n) is 6.73. The van der Waals surface area contributed by atoms with Crippen molar-refractivity contribution in [1.82, 2.24) is 10.2 Å². The zero-order valence-corrected chi connectivity index (χ0v) is 12.9. The summed E-state index contributed by atoms with van der Waals surface area (Å²) < 4.78 is 0. The molecule has 0 spiro atoms. The van der Waals surface area contributed by atoms with Crippen molar-refractivity contribution < 1.29 is 10.2 Å². The Labute approximate surface area is 123 Å². The van der Waals surface area contributed by atoms with Gasteiger partial charge in [0.15, 0.2) is 0 Å². The number of likely N-dealkylation sites (tertiary alicyclic amines) is 1. The molecule has 3 N–H and O–H groups in total. The van der Waals surface area contributed by atoms with Gasteiger partial charge in [-0.05, 0) is 38.0 Å². The van der Waals surface area contributed by atoms with Gasteiger partial charge in [-0.3, -0.25) is 4.90 Å². The van der Waals surface area contributed by atoms with Crippen molar-refractivity contribution in [1.29, 1.82) is 0 Å². The lowest BCUT2D eigenvalue weighted by atomic mass is 9.88. The lowest BCUT2D eigenvalue weighted by Crippen LogP contribution is -2.52. The molecule has 4 heteroatoms. The molecular formula is C16H32N2O2. The van der Waals surface area contributed by atoms with E-state index in [0.717, 1.165) is 32.5 Å². The van der Waals surface area contributed by atoms with Gasteiger partial charge in [-0.1, -0.05) is 19.8 Å². The molecule has 1 heterocycles. The molecule has 118 valence electrons. The van der Waals surface area contributed by atoms with Crippen LogP contribution < -0.4 is 5.32 Å². The molecule has 4 nitrogen and oxygen atoms in total. The Hall–Kier alpha value is -0.160. The van der Waals surface area contributed by atoms with Gasteiger partial charge >= 0.3 is 0 Å². The Balaban J connectivity index is 1.85. The Bertz CT molecular complexity index is 269. The number of piperidine rings is 1. The number of hydrogen-bond donors (Lipinski definition) is 3. The van der Waals surface area contributed by atoms with E-state index < -0.39 is 0 Å². The Kier molecular flexibility index (Phi) is 6.75. The highest BCUT2D eigenvalue weighted by Gasteiger charge is 2.29. The van der Waals surface area contributed by atoms with Gasteiger partial charge in [0, 0.05) is 31.7 Å². The van der Waals surface area contributed by atoms with Crippen LogP contribution in [0, 0.1) is 5.92 Å². The zero-order valence-electron chi connectivity index (χ0n) is 12.9. The number of aliphatic hydroxyl groups excluding tert-OH is 2. The molecule has 0 radical (unpaired) electrons. The standard InChI is InChI=1S/C16H32N2O2/c1-2-16(20)10-13-9-15(12-18(11-13)7-8-19)17-14-5-3-4-6-14/h13-17,19-20H,2-12H2,1H3. The van der Waals surface area contributed by atoms with E-state index in [4.69, 9.17) is 0 Å². The fourth-order valence-electron chi connectivity index (χ4n) is 3.90. The molecule has 2 rings (SSSR count). The topological polar surface area (TPSA) is 55.7 Å². The normalized spacial score (nSPS) is 30.8. The predicted molar refractivity (Wildman–Crippen MR) is 81.7 cm³/mol. The maximum atomic E-state index is 9.91. The van der Waals surface area contributed by atoms with Crippen LogP contribution in [0.2, 0.25) is 0 Å². The number of hydrogen-bond acceptors (Lipinski definition) is 4. The van der Waals surface area contributed by atoms with Gasteiger partial charge in [-0.2, -0.15) is 0 Å². The maximum Gasteiger partial charge on any atom is 0.0558 e. The summed E-state index contributed by atoms with van der Waals surface area (Å²) in [5, 5.41) is 22.9. The molecule has 2 fully saturated rings. The van der Waals surface area contributed by atoms with Crippen LogP contribution in [0.1, 0.15) is 51.9 Å². The van der Waals surface area contributed by atoms with Crippen molar-refractivity contribution in [2.75, 3.05) is 26.2 Å². The number of β-amino-alcohol motifs (C(OH)–C–C–N with tert-alkyl or cyclic N) is 1. The summed E-state index contributed by atoms with van der Waals surface area (Å²) in [4.78, 5) is 2.36. The smallest absolute Gasteiger partial charge is 0.0558 e. The first-order valence-electron chi connectivity index (χ1n) is 8.48. The third-order valence-electron chi connectivity index (χ3n) is 4.93. The SMILES string of the molecule is CCC(O)CC1CC(NC2CCCC2)CN(CCO)C1. The summed E-state index contributed by atoms with van der Waals surface area (Å²) in [6.45, 7) is 5.13. The summed E-state index contributed by atoms with van der Waals surface area (Å²) >= 11 is 0. The Morgan fingerprint density at radius 2 is 1.95 bits per heavy atom. The largest absolute Gasteiger partial charge is 0.395 e. The van der Waals surface area contributed by atoms with Crippen LogP contribution in [-0.4, -0.2) is 59.5 Å². The molecule has 0 amide bonds. The van der Waals surface area contributed by atoms with Crippen molar-refractivity contribution in [3.8, 4) is 0 Å². The number of aliphatic hydroxyl groups is 2. The average Bonchev–Trinajstić information content (AvgIpc) is 2.91. The molecular weight excluding hydrogens is 252 g/mol. The van der Waals surface area contributed by atoms with Gasteiger partial charge < -0.3 is 15.5 Å². The van der Waals surface area contributed by atoms with E-state index >= 15 is 0 Å². The van der Waals surface area contributed by atoms with Crippen LogP contribution in [0.3, 0.4) is 0 Å². The summed E-state index contributed by atoms with van der Waals surface area (Å²) in [6.07, 6.45) is 8.12. The molecule has 0 aromatic carbocycles. The zero-order chi connectivity index (χ0) is 14.4. The summed E-state index contributed by atoms with van der Waals surface area (Å²) in [5.74, 6) is 0.559. The van der Waals surface area contributed by atoms with Crippen LogP contribution in [0.25, 0.3) is 0 Å². The molecule has 2 aliphatic rings. The van der Waals surface area contributed by atoms with Gasteiger partial charge in [-0.15, -0.1) is 0 Å². The molecule has 1 saturated carbocycles. The third-order valence-corrected chi connectivity index (χ3v) is 4.93. The minimum absolute atomic E-state index is 0.166. The highest BCUT2D eigenvalue weighted by Crippen LogP contribution is 2.25. The molecule has 0 bridgehead atoms. The molecule has 1 aliphatic heterocycles. The second-order valence-corrected chi connectivity index (χ2v) is 6.73. The van der Waals surface area contributed by atoms with E-state index in [1.807, 2.05) is 6.92 Å². The van der Waals surface area contributed by atoms with E-state index in [1.165, 1.54) is 32.1 Å². The number of rotatable bonds is 7. The highest BCUT2D eigenvalue weighted by atomic mass is 16.3. The van der Waals surface area contributed by atoms with Gasteiger partial charge in [-0.25, -0.2) is 0 Å². The monoisotopic (exact) mass is 284 g/mol. The summed E-state index contributed by atoms with van der Waals surface area (Å²) in [5.41, 5.74) is 0. The Morgan fingerprint density at radius 3 is 2.60 bits per heavy atom. The van der Waals surface area contributed by atoms with Crippen molar-refractivity contribution >= 4 is 0 Å². The molecule has 1 aliphatic carbocycles. The molecule has 20 heavy (non-hydrogen) atoms. The number of nitrogens with zero attached hydrogens (tertiary/aromatic N) is 1. The van der Waals surface area contributed by atoms with E-state index in [2.05, 4.69) is 10.2 Å². The van der Waals surface area contributed by atoms with Gasteiger partial charge in [0.1, 0.15) is 0 Å². The van der Waals surface area contributed by atoms with Gasteiger partial charge in [0.25, 0.3) is 0 Å². The lowest BCUT2D eigenvalue weighted by Gasteiger charge is -2.39. The van der Waals surface area contributed by atoms with E-state index in [-0.39, 0.29) is 12.7 Å². The van der Waals surface area contributed by atoms with Crippen LogP contribution >= 0.6 is 0 Å². The quantitative estimate of drug-likeness (QED) is 0.661. The lowest BCUT2D eigenvalue weighted by molar-refractivity contribution is 0.0723. The maximum absolute atomic E-state index is 9.91. The molecule has 0 aromatic heterocycles. The molecule has 3 atom stereocenters. The minimum atomic E-state index is -0.166. The fourth-order valence-corrected chi connectivity index (χ4v) is 3.90. The first-order valence-corrected chi connectivity index (χ1v) is 8.48. The van der Waals surface area contributed by atoms with E-state index in [1.54, 1.807) is 0 Å². The van der Waals surface area contributed by atoms with E-state index in [0.29, 0.717) is 18.0 Å². The van der Waals surface area contributed by atoms with Crippen molar-refractivity contribution in [3.63, 3.8) is 0 Å². The molecule has 0 aromatic rings. The summed E-state index contributed by atoms with van der Waals surface area (Å²) in [6, 6.07) is 1.23. The molecule has 1 saturated heterocycles. The van der Waals surface area contributed by atoms with Crippen molar-refractivity contribution in [3.05, 3.63) is 0 Å². The number of nitrogens with one attached hydrogen (secondary N) is 1.